The maximum atomic E-state index is 12.0. The van der Waals surface area contributed by atoms with Crippen molar-refractivity contribution < 1.29 is 9.21 Å². The summed E-state index contributed by atoms with van der Waals surface area (Å²) in [5, 5.41) is 11.8. The predicted octanol–water partition coefficient (Wildman–Crippen LogP) is 5.54. The lowest BCUT2D eigenvalue weighted by atomic mass is 10.2. The second kappa shape index (κ2) is 8.23. The molecular formula is C16H10BrCl2N3O2S. The van der Waals surface area contributed by atoms with E-state index in [1.54, 1.807) is 18.2 Å². The Morgan fingerprint density at radius 2 is 2.00 bits per heavy atom. The highest BCUT2D eigenvalue weighted by molar-refractivity contribution is 9.10. The van der Waals surface area contributed by atoms with Gasteiger partial charge in [0.05, 0.1) is 15.8 Å². The largest absolute Gasteiger partial charge is 0.411 e. The number of hydrogen-bond acceptors (Lipinski definition) is 5. The maximum absolute atomic E-state index is 12.0. The molecule has 1 aromatic heterocycles. The van der Waals surface area contributed by atoms with Gasteiger partial charge >= 0.3 is 0 Å². The molecule has 3 rings (SSSR count). The van der Waals surface area contributed by atoms with Crippen LogP contribution < -0.4 is 5.32 Å². The molecule has 0 fully saturated rings. The lowest BCUT2D eigenvalue weighted by molar-refractivity contribution is -0.113. The summed E-state index contributed by atoms with van der Waals surface area (Å²) >= 11 is 16.3. The highest BCUT2D eigenvalue weighted by Crippen LogP contribution is 2.27. The number of carbonyl (C=O) groups is 1. The summed E-state index contributed by atoms with van der Waals surface area (Å²) in [6, 6.07) is 12.4. The third-order valence-corrected chi connectivity index (χ3v) is 5.06. The molecule has 1 heterocycles. The number of amides is 1. The number of halogens is 3. The average Bonchev–Trinajstić information content (AvgIpc) is 3.05. The van der Waals surface area contributed by atoms with E-state index in [9.17, 15) is 4.79 Å². The molecule has 0 unspecified atom stereocenters. The Morgan fingerprint density at radius 3 is 2.76 bits per heavy atom. The molecule has 0 spiro atoms. The summed E-state index contributed by atoms with van der Waals surface area (Å²) in [6.07, 6.45) is 0. The molecule has 0 aliphatic rings. The number of nitrogens with one attached hydrogen (secondary N) is 1. The molecular weight excluding hydrogens is 449 g/mol. The summed E-state index contributed by atoms with van der Waals surface area (Å²) in [7, 11) is 0. The van der Waals surface area contributed by atoms with Crippen LogP contribution in [0.3, 0.4) is 0 Å². The number of rotatable bonds is 5. The summed E-state index contributed by atoms with van der Waals surface area (Å²) in [6.45, 7) is 0. The lowest BCUT2D eigenvalue weighted by Gasteiger charge is -2.05. The van der Waals surface area contributed by atoms with E-state index in [0.717, 1.165) is 21.8 Å². The first-order valence-corrected chi connectivity index (χ1v) is 9.52. The minimum absolute atomic E-state index is 0.125. The van der Waals surface area contributed by atoms with Gasteiger partial charge in [0.25, 0.3) is 5.22 Å². The van der Waals surface area contributed by atoms with Crippen LogP contribution >= 0.6 is 50.9 Å². The van der Waals surface area contributed by atoms with E-state index in [4.69, 9.17) is 27.6 Å². The van der Waals surface area contributed by atoms with Gasteiger partial charge in [0.15, 0.2) is 0 Å². The monoisotopic (exact) mass is 457 g/mol. The first-order chi connectivity index (χ1) is 12.0. The molecule has 128 valence electrons. The fourth-order valence-electron chi connectivity index (χ4n) is 1.90. The van der Waals surface area contributed by atoms with Gasteiger partial charge in [-0.15, -0.1) is 10.2 Å². The van der Waals surface area contributed by atoms with Crippen molar-refractivity contribution in [2.75, 3.05) is 11.1 Å². The van der Waals surface area contributed by atoms with Crippen molar-refractivity contribution >= 4 is 62.5 Å². The Bertz CT molecular complexity index is 920. The average molecular weight is 459 g/mol. The minimum atomic E-state index is -0.217. The molecule has 9 heteroatoms. The Morgan fingerprint density at radius 1 is 1.16 bits per heavy atom. The molecule has 0 saturated carbocycles. The molecule has 1 amide bonds. The first kappa shape index (κ1) is 18.3. The van der Waals surface area contributed by atoms with Crippen molar-refractivity contribution in [1.29, 1.82) is 0 Å². The van der Waals surface area contributed by atoms with Gasteiger partial charge in [-0.25, -0.2) is 0 Å². The molecule has 0 atom stereocenters. The summed E-state index contributed by atoms with van der Waals surface area (Å²) in [5.41, 5.74) is 1.37. The van der Waals surface area contributed by atoms with E-state index < -0.39 is 0 Å². The van der Waals surface area contributed by atoms with E-state index >= 15 is 0 Å². The van der Waals surface area contributed by atoms with Crippen molar-refractivity contribution in [2.24, 2.45) is 0 Å². The van der Waals surface area contributed by atoms with Crippen molar-refractivity contribution in [3.63, 3.8) is 0 Å². The van der Waals surface area contributed by atoms with Gasteiger partial charge in [0, 0.05) is 15.7 Å². The predicted molar refractivity (Wildman–Crippen MR) is 103 cm³/mol. The lowest BCUT2D eigenvalue weighted by Crippen LogP contribution is -2.13. The zero-order valence-corrected chi connectivity index (χ0v) is 16.4. The van der Waals surface area contributed by atoms with Crippen LogP contribution in [0.5, 0.6) is 0 Å². The summed E-state index contributed by atoms with van der Waals surface area (Å²) in [4.78, 5) is 12.0. The van der Waals surface area contributed by atoms with Crippen molar-refractivity contribution in [1.82, 2.24) is 10.2 Å². The SMILES string of the molecule is O=C(CSc1nnc(-c2cccc(Br)c2)o1)Nc1ccc(Cl)c(Cl)c1. The topological polar surface area (TPSA) is 68.0 Å². The highest BCUT2D eigenvalue weighted by Gasteiger charge is 2.12. The fourth-order valence-corrected chi connectivity index (χ4v) is 3.16. The number of anilines is 1. The van der Waals surface area contributed by atoms with Gasteiger partial charge in [-0.1, -0.05) is 57.0 Å². The molecule has 0 aliphatic carbocycles. The van der Waals surface area contributed by atoms with Gasteiger partial charge < -0.3 is 9.73 Å². The molecule has 3 aromatic rings. The van der Waals surface area contributed by atoms with Crippen molar-refractivity contribution in [2.45, 2.75) is 5.22 Å². The second-order valence-corrected chi connectivity index (χ2v) is 7.51. The van der Waals surface area contributed by atoms with Crippen LogP contribution in [-0.4, -0.2) is 21.9 Å². The molecule has 25 heavy (non-hydrogen) atoms. The van der Waals surface area contributed by atoms with Gasteiger partial charge in [-0.3, -0.25) is 4.79 Å². The molecule has 0 radical (unpaired) electrons. The summed E-state index contributed by atoms with van der Waals surface area (Å²) in [5.74, 6) is 0.305. The second-order valence-electron chi connectivity index (χ2n) is 4.85. The van der Waals surface area contributed by atoms with Crippen LogP contribution in [0, 0.1) is 0 Å². The van der Waals surface area contributed by atoms with E-state index in [0.29, 0.717) is 26.8 Å². The zero-order valence-electron chi connectivity index (χ0n) is 12.5. The van der Waals surface area contributed by atoms with E-state index in [2.05, 4.69) is 31.4 Å². The van der Waals surface area contributed by atoms with Crippen LogP contribution in [0.2, 0.25) is 10.0 Å². The smallest absolute Gasteiger partial charge is 0.277 e. The minimum Gasteiger partial charge on any atom is -0.411 e. The zero-order chi connectivity index (χ0) is 17.8. The molecule has 1 N–H and O–H groups in total. The van der Waals surface area contributed by atoms with Gasteiger partial charge in [0.1, 0.15) is 0 Å². The normalized spacial score (nSPS) is 10.7. The highest BCUT2D eigenvalue weighted by atomic mass is 79.9. The van der Waals surface area contributed by atoms with E-state index in [-0.39, 0.29) is 11.7 Å². The third-order valence-electron chi connectivity index (χ3n) is 3.01. The van der Waals surface area contributed by atoms with Crippen LogP contribution in [0.15, 0.2) is 56.6 Å². The van der Waals surface area contributed by atoms with Gasteiger partial charge in [0.2, 0.25) is 11.8 Å². The summed E-state index contributed by atoms with van der Waals surface area (Å²) < 4.78 is 6.48. The van der Waals surface area contributed by atoms with Gasteiger partial charge in [-0.2, -0.15) is 0 Å². The Labute approximate surface area is 166 Å². The molecule has 0 bridgehead atoms. The molecule has 0 saturated heterocycles. The van der Waals surface area contributed by atoms with Crippen molar-refractivity contribution in [3.05, 3.63) is 57.0 Å². The number of aromatic nitrogens is 2. The standard InChI is InChI=1S/C16H10BrCl2N3O2S/c17-10-3-1-2-9(6-10)15-21-22-16(24-15)25-8-14(23)20-11-4-5-12(18)13(19)7-11/h1-7H,8H2,(H,20,23). The molecule has 5 nitrogen and oxygen atoms in total. The number of carbonyl (C=O) groups excluding carboxylic acids is 1. The third kappa shape index (κ3) is 4.98. The van der Waals surface area contributed by atoms with Crippen LogP contribution in [0.4, 0.5) is 5.69 Å². The number of thioether (sulfide) groups is 1. The Kier molecular flexibility index (Phi) is 6.01. The van der Waals surface area contributed by atoms with Gasteiger partial charge in [-0.05, 0) is 36.4 Å². The quantitative estimate of drug-likeness (QED) is 0.508. The molecule has 2 aromatic carbocycles. The van der Waals surface area contributed by atoms with Crippen molar-refractivity contribution in [3.8, 4) is 11.5 Å². The Balaban J connectivity index is 1.58. The maximum Gasteiger partial charge on any atom is 0.277 e. The number of benzene rings is 2. The Hall–Kier alpha value is -1.54. The number of nitrogens with zero attached hydrogens (tertiary/aromatic N) is 2. The van der Waals surface area contributed by atoms with E-state index in [1.165, 1.54) is 0 Å². The number of hydrogen-bond donors (Lipinski definition) is 1. The van der Waals surface area contributed by atoms with Crippen LogP contribution in [0.1, 0.15) is 0 Å². The van der Waals surface area contributed by atoms with Crippen LogP contribution in [-0.2, 0) is 4.79 Å². The van der Waals surface area contributed by atoms with E-state index in [1.807, 2.05) is 24.3 Å². The molecule has 0 aliphatic heterocycles. The fraction of sp³-hybridized carbons (Fsp3) is 0.0625. The first-order valence-electron chi connectivity index (χ1n) is 6.98. The van der Waals surface area contributed by atoms with Crippen LogP contribution in [0.25, 0.3) is 11.5 Å².